The van der Waals surface area contributed by atoms with Crippen molar-refractivity contribution in [1.29, 1.82) is 0 Å². The molecule has 3 N–H and O–H groups in total. The summed E-state index contributed by atoms with van der Waals surface area (Å²) in [5.74, 6) is -1.27. The van der Waals surface area contributed by atoms with E-state index in [1.807, 2.05) is 0 Å². The molecule has 0 radical (unpaired) electrons. The van der Waals surface area contributed by atoms with Crippen molar-refractivity contribution in [1.82, 2.24) is 10.3 Å². The average molecular weight is 344 g/mol. The highest BCUT2D eigenvalue weighted by atomic mass is 19.4. The van der Waals surface area contributed by atoms with Gasteiger partial charge in [-0.3, -0.25) is 9.59 Å². The lowest BCUT2D eigenvalue weighted by molar-refractivity contribution is -0.274. The number of carbonyl (C=O) groups excluding carboxylic acids is 1. The van der Waals surface area contributed by atoms with Gasteiger partial charge in [0.05, 0.1) is 0 Å². The van der Waals surface area contributed by atoms with E-state index in [0.717, 1.165) is 6.07 Å². The zero-order valence-corrected chi connectivity index (χ0v) is 12.6. The summed E-state index contributed by atoms with van der Waals surface area (Å²) in [6, 6.07) is 4.98. The number of aromatic nitrogens is 1. The summed E-state index contributed by atoms with van der Waals surface area (Å²) in [7, 11) is 0. The summed E-state index contributed by atoms with van der Waals surface area (Å²) in [5.41, 5.74) is -4.14. The molecule has 2 rings (SSSR count). The third kappa shape index (κ3) is 3.51. The van der Waals surface area contributed by atoms with Gasteiger partial charge in [0.2, 0.25) is 5.60 Å². The Morgan fingerprint density at radius 3 is 2.58 bits per heavy atom. The number of aromatic amines is 1. The lowest BCUT2D eigenvalue weighted by Crippen LogP contribution is -2.45. The maximum absolute atomic E-state index is 13.2. The maximum atomic E-state index is 13.2. The van der Waals surface area contributed by atoms with E-state index in [2.05, 4.69) is 10.3 Å². The van der Waals surface area contributed by atoms with E-state index in [0.29, 0.717) is 0 Å². The van der Waals surface area contributed by atoms with Crippen LogP contribution in [0.2, 0.25) is 0 Å². The second-order valence-electron chi connectivity index (χ2n) is 5.19. The summed E-state index contributed by atoms with van der Waals surface area (Å²) < 4.78 is 44.6. The largest absolute Gasteiger partial charge is 0.463 e. The molecule has 0 aliphatic heterocycles. The number of aryl methyl sites for hydroxylation is 1. The summed E-state index contributed by atoms with van der Waals surface area (Å²) in [5, 5.41) is 12.2. The summed E-state index contributed by atoms with van der Waals surface area (Å²) in [6.45, 7) is 0.937. The van der Waals surface area contributed by atoms with Crippen LogP contribution in [0.25, 0.3) is 0 Å². The lowest BCUT2D eigenvalue weighted by atomic mass is 9.95. The number of carbonyl (C=O) groups is 1. The third-order valence-corrected chi connectivity index (χ3v) is 3.45. The molecule has 0 spiro atoms. The van der Waals surface area contributed by atoms with E-state index in [1.54, 1.807) is 0 Å². The standard InChI is InChI=1S/C15H15F3N2O4/c1-9-4-5-11(24-9)14(23,15(16,17)18)6-8-20-13(22)10-3-2-7-19-12(10)21/h2-5,7,23H,6,8H2,1H3,(H,19,21)(H,20,22)/t14-/m0/s1. The molecule has 0 saturated heterocycles. The van der Waals surface area contributed by atoms with Gasteiger partial charge in [-0.05, 0) is 31.2 Å². The number of rotatable bonds is 5. The Kier molecular flexibility index (Phi) is 4.83. The van der Waals surface area contributed by atoms with Crippen molar-refractivity contribution < 1.29 is 27.5 Å². The first-order valence-electron chi connectivity index (χ1n) is 6.97. The van der Waals surface area contributed by atoms with Gasteiger partial charge < -0.3 is 19.8 Å². The Hall–Kier alpha value is -2.55. The molecule has 2 aromatic heterocycles. The zero-order chi connectivity index (χ0) is 18.0. The summed E-state index contributed by atoms with van der Waals surface area (Å²) >= 11 is 0. The molecular formula is C15H15F3N2O4. The second-order valence-corrected chi connectivity index (χ2v) is 5.19. The number of halogens is 3. The van der Waals surface area contributed by atoms with E-state index in [1.165, 1.54) is 31.3 Å². The number of furan rings is 1. The molecule has 6 nitrogen and oxygen atoms in total. The van der Waals surface area contributed by atoms with Gasteiger partial charge >= 0.3 is 6.18 Å². The summed E-state index contributed by atoms with van der Waals surface area (Å²) in [6.07, 6.45) is -4.53. The van der Waals surface area contributed by atoms with E-state index >= 15 is 0 Å². The van der Waals surface area contributed by atoms with Gasteiger partial charge in [-0.1, -0.05) is 0 Å². The Morgan fingerprint density at radius 1 is 1.33 bits per heavy atom. The minimum Gasteiger partial charge on any atom is -0.463 e. The van der Waals surface area contributed by atoms with E-state index in [4.69, 9.17) is 4.42 Å². The molecule has 0 fully saturated rings. The third-order valence-electron chi connectivity index (χ3n) is 3.45. The first-order chi connectivity index (χ1) is 11.1. The van der Waals surface area contributed by atoms with Crippen molar-refractivity contribution in [3.63, 3.8) is 0 Å². The molecule has 0 saturated carbocycles. The van der Waals surface area contributed by atoms with Gasteiger partial charge in [0.1, 0.15) is 17.1 Å². The molecular weight excluding hydrogens is 329 g/mol. The summed E-state index contributed by atoms with van der Waals surface area (Å²) in [4.78, 5) is 25.5. The predicted molar refractivity (Wildman–Crippen MR) is 77.4 cm³/mol. The molecule has 9 heteroatoms. The minimum atomic E-state index is -4.99. The molecule has 130 valence electrons. The number of hydrogen-bond donors (Lipinski definition) is 3. The molecule has 2 aromatic rings. The average Bonchev–Trinajstić information content (AvgIpc) is 2.93. The zero-order valence-electron chi connectivity index (χ0n) is 12.6. The predicted octanol–water partition coefficient (Wildman–Crippen LogP) is 1.85. The topological polar surface area (TPSA) is 95.3 Å². The first-order valence-corrected chi connectivity index (χ1v) is 6.97. The second kappa shape index (κ2) is 6.52. The number of aliphatic hydroxyl groups is 1. The fourth-order valence-corrected chi connectivity index (χ4v) is 2.11. The highest BCUT2D eigenvalue weighted by molar-refractivity contribution is 5.93. The van der Waals surface area contributed by atoms with Crippen LogP contribution in [-0.2, 0) is 5.60 Å². The molecule has 0 aliphatic rings. The minimum absolute atomic E-state index is 0.215. The molecule has 0 unspecified atom stereocenters. The quantitative estimate of drug-likeness (QED) is 0.771. The lowest BCUT2D eigenvalue weighted by Gasteiger charge is -2.28. The van der Waals surface area contributed by atoms with Crippen LogP contribution in [0.15, 0.2) is 39.7 Å². The van der Waals surface area contributed by atoms with E-state index in [9.17, 15) is 27.9 Å². The Labute approximate surface area is 134 Å². The Bertz CT molecular complexity index is 781. The Balaban J connectivity index is 2.11. The van der Waals surface area contributed by atoms with Gasteiger partial charge in [-0.2, -0.15) is 13.2 Å². The van der Waals surface area contributed by atoms with Gasteiger partial charge in [0.25, 0.3) is 11.5 Å². The van der Waals surface area contributed by atoms with Gasteiger partial charge in [0, 0.05) is 19.2 Å². The van der Waals surface area contributed by atoms with E-state index < -0.39 is 42.0 Å². The molecule has 2 heterocycles. The number of pyridine rings is 1. The van der Waals surface area contributed by atoms with Crippen molar-refractivity contribution in [2.24, 2.45) is 0 Å². The van der Waals surface area contributed by atoms with Crippen LogP contribution in [0.5, 0.6) is 0 Å². The number of nitrogens with one attached hydrogen (secondary N) is 2. The maximum Gasteiger partial charge on any atom is 0.424 e. The van der Waals surface area contributed by atoms with Crippen LogP contribution in [0, 0.1) is 6.92 Å². The molecule has 0 aliphatic carbocycles. The highest BCUT2D eigenvalue weighted by Crippen LogP contribution is 2.41. The fraction of sp³-hybridized carbons (Fsp3) is 0.333. The van der Waals surface area contributed by atoms with Crippen LogP contribution in [0.3, 0.4) is 0 Å². The number of alkyl halides is 3. The van der Waals surface area contributed by atoms with Crippen molar-refractivity contribution in [3.8, 4) is 0 Å². The van der Waals surface area contributed by atoms with Crippen molar-refractivity contribution in [2.75, 3.05) is 6.54 Å². The first kappa shape index (κ1) is 17.8. The molecule has 0 aromatic carbocycles. The van der Waals surface area contributed by atoms with Gasteiger partial charge in [-0.15, -0.1) is 0 Å². The van der Waals surface area contributed by atoms with Crippen molar-refractivity contribution >= 4 is 5.91 Å². The highest BCUT2D eigenvalue weighted by Gasteiger charge is 2.56. The van der Waals surface area contributed by atoms with Gasteiger partial charge in [0.15, 0.2) is 0 Å². The van der Waals surface area contributed by atoms with Crippen LogP contribution in [0.4, 0.5) is 13.2 Å². The normalized spacial score (nSPS) is 14.2. The van der Waals surface area contributed by atoms with Gasteiger partial charge in [-0.25, -0.2) is 0 Å². The molecule has 24 heavy (non-hydrogen) atoms. The fourth-order valence-electron chi connectivity index (χ4n) is 2.11. The van der Waals surface area contributed by atoms with Crippen LogP contribution >= 0.6 is 0 Å². The number of hydrogen-bond acceptors (Lipinski definition) is 4. The SMILES string of the molecule is Cc1ccc([C@@](O)(CCNC(=O)c2ccc[nH]c2=O)C(F)(F)F)o1. The molecule has 0 bridgehead atoms. The van der Waals surface area contributed by atoms with Crippen LogP contribution in [-0.4, -0.2) is 28.7 Å². The smallest absolute Gasteiger partial charge is 0.424 e. The Morgan fingerprint density at radius 2 is 2.04 bits per heavy atom. The van der Waals surface area contributed by atoms with Crippen LogP contribution < -0.4 is 10.9 Å². The number of amides is 1. The van der Waals surface area contributed by atoms with Crippen molar-refractivity contribution in [3.05, 3.63) is 57.9 Å². The van der Waals surface area contributed by atoms with E-state index in [-0.39, 0.29) is 11.3 Å². The monoisotopic (exact) mass is 344 g/mol. The van der Waals surface area contributed by atoms with Crippen LogP contribution in [0.1, 0.15) is 28.3 Å². The number of H-pyrrole nitrogens is 1. The molecule has 1 atom stereocenters. The molecule has 1 amide bonds. The van der Waals surface area contributed by atoms with Crippen molar-refractivity contribution in [2.45, 2.75) is 25.1 Å².